The van der Waals surface area contributed by atoms with Crippen molar-refractivity contribution < 1.29 is 5.11 Å². The number of nitrogens with zero attached hydrogens (tertiary/aromatic N) is 1. The number of rotatable bonds is 3. The highest BCUT2D eigenvalue weighted by atomic mass is 16.3. The zero-order valence-electron chi connectivity index (χ0n) is 9.57. The number of hydrogen-bond acceptors (Lipinski definition) is 3. The third-order valence-corrected chi connectivity index (χ3v) is 3.09. The van der Waals surface area contributed by atoms with Gasteiger partial charge in [-0.1, -0.05) is 18.2 Å². The van der Waals surface area contributed by atoms with E-state index in [-0.39, 0.29) is 0 Å². The zero-order chi connectivity index (χ0) is 11.7. The molecule has 0 bridgehead atoms. The molecule has 4 nitrogen and oxygen atoms in total. The van der Waals surface area contributed by atoms with Gasteiger partial charge in [-0.15, -0.1) is 0 Å². The van der Waals surface area contributed by atoms with Crippen LogP contribution < -0.4 is 11.3 Å². The molecule has 4 N–H and O–H groups in total. The maximum absolute atomic E-state index is 10.1. The molecule has 1 aromatic carbocycles. The third kappa shape index (κ3) is 1.61. The molecule has 1 atom stereocenters. The minimum absolute atomic E-state index is 0.356. The van der Waals surface area contributed by atoms with Crippen LogP contribution in [0, 0.1) is 6.92 Å². The fourth-order valence-corrected chi connectivity index (χ4v) is 2.18. The van der Waals surface area contributed by atoms with Crippen molar-refractivity contribution in [1.29, 1.82) is 0 Å². The van der Waals surface area contributed by atoms with Gasteiger partial charge in [0, 0.05) is 35.8 Å². The molecule has 1 aromatic heterocycles. The summed E-state index contributed by atoms with van der Waals surface area (Å²) in [7, 11) is 2.00. The Morgan fingerprint density at radius 2 is 2.12 bits per heavy atom. The van der Waals surface area contributed by atoms with E-state index in [9.17, 15) is 5.11 Å². The van der Waals surface area contributed by atoms with Crippen LogP contribution in [0.25, 0.3) is 10.9 Å². The number of aliphatic hydroxyl groups is 1. The molecule has 4 heteroatoms. The highest BCUT2D eigenvalue weighted by molar-refractivity contribution is 5.85. The average molecular weight is 219 g/mol. The molecule has 16 heavy (non-hydrogen) atoms. The van der Waals surface area contributed by atoms with E-state index in [1.165, 1.54) is 0 Å². The van der Waals surface area contributed by atoms with Crippen LogP contribution in [0.2, 0.25) is 0 Å². The number of nitrogens with two attached hydrogens (primary N) is 1. The van der Waals surface area contributed by atoms with Gasteiger partial charge in [0.2, 0.25) is 0 Å². The van der Waals surface area contributed by atoms with Crippen LogP contribution in [0.15, 0.2) is 24.3 Å². The molecule has 0 amide bonds. The molecule has 2 aromatic rings. The summed E-state index contributed by atoms with van der Waals surface area (Å²) < 4.78 is 2.09. The van der Waals surface area contributed by atoms with Gasteiger partial charge in [0.25, 0.3) is 0 Å². The van der Waals surface area contributed by atoms with Gasteiger partial charge in [-0.3, -0.25) is 11.3 Å². The second-order valence-electron chi connectivity index (χ2n) is 4.00. The SMILES string of the molecule is Cc1c(C(O)CNN)c2ccccc2n1C. The number of nitrogens with one attached hydrogen (secondary N) is 1. The Morgan fingerprint density at radius 3 is 2.81 bits per heavy atom. The Hall–Kier alpha value is -1.36. The first-order valence-corrected chi connectivity index (χ1v) is 5.32. The van der Waals surface area contributed by atoms with Crippen LogP contribution in [-0.2, 0) is 7.05 Å². The smallest absolute Gasteiger partial charge is 0.0951 e. The fraction of sp³-hybridized carbons (Fsp3) is 0.333. The van der Waals surface area contributed by atoms with Gasteiger partial charge in [-0.25, -0.2) is 0 Å². The molecule has 0 saturated heterocycles. The molecule has 0 spiro atoms. The van der Waals surface area contributed by atoms with Crippen molar-refractivity contribution in [1.82, 2.24) is 9.99 Å². The van der Waals surface area contributed by atoms with E-state index in [4.69, 9.17) is 5.84 Å². The molecule has 0 aliphatic rings. The molecule has 1 heterocycles. The number of para-hydroxylation sites is 1. The number of hydrazine groups is 1. The van der Waals surface area contributed by atoms with Crippen molar-refractivity contribution in [3.8, 4) is 0 Å². The predicted molar refractivity (Wildman–Crippen MR) is 64.8 cm³/mol. The van der Waals surface area contributed by atoms with Crippen LogP contribution in [0.3, 0.4) is 0 Å². The zero-order valence-corrected chi connectivity index (χ0v) is 9.57. The van der Waals surface area contributed by atoms with Crippen molar-refractivity contribution in [2.45, 2.75) is 13.0 Å². The summed E-state index contributed by atoms with van der Waals surface area (Å²) in [6.45, 7) is 2.36. The number of hydrogen-bond donors (Lipinski definition) is 3. The summed E-state index contributed by atoms with van der Waals surface area (Å²) in [4.78, 5) is 0. The lowest BCUT2D eigenvalue weighted by Gasteiger charge is -2.10. The van der Waals surface area contributed by atoms with Gasteiger partial charge in [0.05, 0.1) is 6.10 Å². The second-order valence-corrected chi connectivity index (χ2v) is 4.00. The monoisotopic (exact) mass is 219 g/mol. The number of aliphatic hydroxyl groups excluding tert-OH is 1. The Bertz CT molecular complexity index is 504. The van der Waals surface area contributed by atoms with Gasteiger partial charge in [0.15, 0.2) is 0 Å². The van der Waals surface area contributed by atoms with Gasteiger partial charge < -0.3 is 9.67 Å². The van der Waals surface area contributed by atoms with Gasteiger partial charge in [-0.05, 0) is 13.0 Å². The number of aromatic nitrogens is 1. The Morgan fingerprint density at radius 1 is 1.44 bits per heavy atom. The molecule has 2 rings (SSSR count). The van der Waals surface area contributed by atoms with Gasteiger partial charge in [-0.2, -0.15) is 0 Å². The van der Waals surface area contributed by atoms with Crippen molar-refractivity contribution in [3.63, 3.8) is 0 Å². The summed E-state index contributed by atoms with van der Waals surface area (Å²) in [6, 6.07) is 8.05. The summed E-state index contributed by atoms with van der Waals surface area (Å²) in [5.41, 5.74) is 5.67. The van der Waals surface area contributed by atoms with Crippen molar-refractivity contribution >= 4 is 10.9 Å². The predicted octanol–water partition coefficient (Wildman–Crippen LogP) is 0.983. The maximum atomic E-state index is 10.1. The van der Waals surface area contributed by atoms with Crippen molar-refractivity contribution in [2.75, 3.05) is 6.54 Å². The average Bonchev–Trinajstić information content (AvgIpc) is 2.53. The Balaban J connectivity index is 2.64. The molecule has 0 aliphatic carbocycles. The van der Waals surface area contributed by atoms with Crippen LogP contribution in [-0.4, -0.2) is 16.2 Å². The Labute approximate surface area is 94.6 Å². The van der Waals surface area contributed by atoms with Crippen molar-refractivity contribution in [2.24, 2.45) is 12.9 Å². The summed E-state index contributed by atoms with van der Waals surface area (Å²) in [5.74, 6) is 5.25. The van der Waals surface area contributed by atoms with Crippen LogP contribution >= 0.6 is 0 Å². The normalized spacial score (nSPS) is 13.2. The number of fused-ring (bicyclic) bond motifs is 1. The second kappa shape index (κ2) is 4.25. The van der Waals surface area contributed by atoms with E-state index in [1.807, 2.05) is 32.2 Å². The molecular weight excluding hydrogens is 202 g/mol. The standard InChI is InChI=1S/C12H17N3O/c1-8-12(11(16)7-14-13)9-5-3-4-6-10(9)15(8)2/h3-6,11,14,16H,7,13H2,1-2H3. The molecule has 1 unspecified atom stereocenters. The van der Waals surface area contributed by atoms with Crippen LogP contribution in [0.5, 0.6) is 0 Å². The molecule has 0 saturated carbocycles. The lowest BCUT2D eigenvalue weighted by molar-refractivity contribution is 0.176. The number of aryl methyl sites for hydroxylation is 1. The topological polar surface area (TPSA) is 63.2 Å². The molecular formula is C12H17N3O. The van der Waals surface area contributed by atoms with Gasteiger partial charge in [0.1, 0.15) is 0 Å². The lowest BCUT2D eigenvalue weighted by Crippen LogP contribution is -2.27. The van der Waals surface area contributed by atoms with E-state index in [0.29, 0.717) is 6.54 Å². The first-order chi connectivity index (χ1) is 7.66. The first-order valence-electron chi connectivity index (χ1n) is 5.32. The van der Waals surface area contributed by atoms with Gasteiger partial charge >= 0.3 is 0 Å². The van der Waals surface area contributed by atoms with E-state index in [2.05, 4.69) is 16.1 Å². The summed E-state index contributed by atoms with van der Waals surface area (Å²) >= 11 is 0. The molecule has 0 fully saturated rings. The minimum atomic E-state index is -0.573. The molecule has 86 valence electrons. The van der Waals surface area contributed by atoms with E-state index in [0.717, 1.165) is 22.2 Å². The Kier molecular flexibility index (Phi) is 2.96. The fourth-order valence-electron chi connectivity index (χ4n) is 2.18. The number of benzene rings is 1. The molecule has 0 aliphatic heterocycles. The third-order valence-electron chi connectivity index (χ3n) is 3.09. The maximum Gasteiger partial charge on any atom is 0.0951 e. The quantitative estimate of drug-likeness (QED) is 0.532. The molecule has 0 radical (unpaired) electrons. The first kappa shape index (κ1) is 11.1. The highest BCUT2D eigenvalue weighted by Crippen LogP contribution is 2.29. The van der Waals surface area contributed by atoms with Crippen LogP contribution in [0.1, 0.15) is 17.4 Å². The summed E-state index contributed by atoms with van der Waals surface area (Å²) in [5, 5.41) is 11.1. The summed E-state index contributed by atoms with van der Waals surface area (Å²) in [6.07, 6.45) is -0.573. The largest absolute Gasteiger partial charge is 0.387 e. The lowest BCUT2D eigenvalue weighted by atomic mass is 10.1. The van der Waals surface area contributed by atoms with E-state index >= 15 is 0 Å². The van der Waals surface area contributed by atoms with E-state index in [1.54, 1.807) is 0 Å². The van der Waals surface area contributed by atoms with Crippen molar-refractivity contribution in [3.05, 3.63) is 35.5 Å². The van der Waals surface area contributed by atoms with Crippen LogP contribution in [0.4, 0.5) is 0 Å². The minimum Gasteiger partial charge on any atom is -0.387 e. The van der Waals surface area contributed by atoms with E-state index < -0.39 is 6.10 Å². The highest BCUT2D eigenvalue weighted by Gasteiger charge is 2.17.